The minimum absolute atomic E-state index is 0.282. The maximum atomic E-state index is 12.0. The third-order valence-corrected chi connectivity index (χ3v) is 3.71. The Morgan fingerprint density at radius 2 is 1.90 bits per heavy atom. The molecular weight excluding hydrogens is 270 g/mol. The highest BCUT2D eigenvalue weighted by molar-refractivity contribution is 7.15. The lowest BCUT2D eigenvalue weighted by molar-refractivity contribution is 0.262. The molecule has 0 saturated heterocycles. The molecule has 2 aromatic carbocycles. The predicted octanol–water partition coefficient (Wildman–Crippen LogP) is 4.25. The zero-order valence-electron chi connectivity index (χ0n) is 10.9. The molecular formula is C15H13N3OS. The SMILES string of the molecule is Cc1cnc(NC(=O)Nc2cccc3ccccc23)s1. The smallest absolute Gasteiger partial charge is 0.307 e. The van der Waals surface area contributed by atoms with Crippen molar-refractivity contribution in [3.05, 3.63) is 53.5 Å². The quantitative estimate of drug-likeness (QED) is 0.738. The van der Waals surface area contributed by atoms with Crippen LogP contribution in [-0.2, 0) is 0 Å². The van der Waals surface area contributed by atoms with Gasteiger partial charge in [-0.3, -0.25) is 5.32 Å². The van der Waals surface area contributed by atoms with Gasteiger partial charge in [0.15, 0.2) is 5.13 Å². The van der Waals surface area contributed by atoms with E-state index < -0.39 is 0 Å². The highest BCUT2D eigenvalue weighted by Gasteiger charge is 2.07. The molecule has 4 nitrogen and oxygen atoms in total. The van der Waals surface area contributed by atoms with Crippen molar-refractivity contribution in [2.75, 3.05) is 10.6 Å². The first-order valence-corrected chi connectivity index (χ1v) is 7.02. The lowest BCUT2D eigenvalue weighted by Crippen LogP contribution is -2.19. The van der Waals surface area contributed by atoms with Gasteiger partial charge in [-0.2, -0.15) is 0 Å². The molecule has 2 N–H and O–H groups in total. The Bertz CT molecular complexity index is 761. The van der Waals surface area contributed by atoms with Gasteiger partial charge in [0.25, 0.3) is 0 Å². The summed E-state index contributed by atoms with van der Waals surface area (Å²) in [6.45, 7) is 1.95. The number of aryl methyl sites for hydroxylation is 1. The number of carbonyl (C=O) groups excluding carboxylic acids is 1. The number of carbonyl (C=O) groups is 1. The van der Waals surface area contributed by atoms with Gasteiger partial charge in [0, 0.05) is 16.5 Å². The Morgan fingerprint density at radius 3 is 2.70 bits per heavy atom. The van der Waals surface area contributed by atoms with Crippen LogP contribution in [0.1, 0.15) is 4.88 Å². The number of fused-ring (bicyclic) bond motifs is 1. The number of thiazole rings is 1. The standard InChI is InChI=1S/C15H13N3OS/c1-10-9-16-15(20-10)18-14(19)17-13-8-4-6-11-5-2-3-7-12(11)13/h2-9H,1H3,(H2,16,17,18,19). The lowest BCUT2D eigenvalue weighted by atomic mass is 10.1. The number of rotatable bonds is 2. The van der Waals surface area contributed by atoms with Crippen LogP contribution in [0.2, 0.25) is 0 Å². The van der Waals surface area contributed by atoms with E-state index in [1.165, 1.54) is 11.3 Å². The number of hydrogen-bond acceptors (Lipinski definition) is 3. The number of benzene rings is 2. The average Bonchev–Trinajstić information content (AvgIpc) is 2.84. The summed E-state index contributed by atoms with van der Waals surface area (Å²) in [6, 6.07) is 13.5. The molecule has 1 heterocycles. The summed E-state index contributed by atoms with van der Waals surface area (Å²) < 4.78 is 0. The summed E-state index contributed by atoms with van der Waals surface area (Å²) in [5.41, 5.74) is 0.786. The molecule has 3 aromatic rings. The summed E-state index contributed by atoms with van der Waals surface area (Å²) >= 11 is 1.45. The van der Waals surface area contributed by atoms with Gasteiger partial charge in [-0.15, -0.1) is 11.3 Å². The fourth-order valence-corrected chi connectivity index (χ4v) is 2.66. The van der Waals surface area contributed by atoms with Crippen LogP contribution >= 0.6 is 11.3 Å². The summed E-state index contributed by atoms with van der Waals surface area (Å²) in [5, 5.41) is 8.30. The normalized spacial score (nSPS) is 10.4. The molecule has 0 saturated carbocycles. The van der Waals surface area contributed by atoms with E-state index >= 15 is 0 Å². The molecule has 0 fully saturated rings. The summed E-state index contributed by atoms with van der Waals surface area (Å²) in [4.78, 5) is 17.1. The minimum atomic E-state index is -0.282. The number of hydrogen-bond donors (Lipinski definition) is 2. The molecule has 0 aliphatic carbocycles. The maximum absolute atomic E-state index is 12.0. The number of amides is 2. The molecule has 0 aliphatic rings. The van der Waals surface area contributed by atoms with Crippen LogP contribution in [0.4, 0.5) is 15.6 Å². The van der Waals surface area contributed by atoms with E-state index in [4.69, 9.17) is 0 Å². The number of nitrogens with one attached hydrogen (secondary N) is 2. The molecule has 0 atom stereocenters. The Hall–Kier alpha value is -2.40. The fourth-order valence-electron chi connectivity index (χ4n) is 2.00. The number of urea groups is 1. The summed E-state index contributed by atoms with van der Waals surface area (Å²) in [5.74, 6) is 0. The maximum Gasteiger partial charge on any atom is 0.325 e. The average molecular weight is 283 g/mol. The molecule has 0 radical (unpaired) electrons. The second kappa shape index (κ2) is 5.30. The Labute approximate surface area is 120 Å². The molecule has 100 valence electrons. The van der Waals surface area contributed by atoms with Crippen molar-refractivity contribution in [2.24, 2.45) is 0 Å². The largest absolute Gasteiger partial charge is 0.325 e. The van der Waals surface area contributed by atoms with Crippen LogP contribution in [0.5, 0.6) is 0 Å². The number of aromatic nitrogens is 1. The van der Waals surface area contributed by atoms with Gasteiger partial charge in [-0.25, -0.2) is 9.78 Å². The van der Waals surface area contributed by atoms with Crippen molar-refractivity contribution in [3.8, 4) is 0 Å². The topological polar surface area (TPSA) is 54.0 Å². The van der Waals surface area contributed by atoms with Gasteiger partial charge >= 0.3 is 6.03 Å². The summed E-state index contributed by atoms with van der Waals surface area (Å²) in [6.07, 6.45) is 1.73. The molecule has 0 unspecified atom stereocenters. The van der Waals surface area contributed by atoms with Crippen LogP contribution < -0.4 is 10.6 Å². The summed E-state index contributed by atoms with van der Waals surface area (Å²) in [7, 11) is 0. The molecule has 3 rings (SSSR count). The van der Waals surface area contributed by atoms with Crippen LogP contribution in [0.25, 0.3) is 10.8 Å². The zero-order valence-corrected chi connectivity index (χ0v) is 11.7. The molecule has 20 heavy (non-hydrogen) atoms. The predicted molar refractivity (Wildman–Crippen MR) is 83.4 cm³/mol. The van der Waals surface area contributed by atoms with Gasteiger partial charge in [0.1, 0.15) is 0 Å². The molecule has 5 heteroatoms. The second-order valence-corrected chi connectivity index (χ2v) is 5.62. The van der Waals surface area contributed by atoms with E-state index in [2.05, 4.69) is 15.6 Å². The van der Waals surface area contributed by atoms with Crippen molar-refractivity contribution in [1.82, 2.24) is 4.98 Å². The molecule has 0 bridgehead atoms. The Kier molecular flexibility index (Phi) is 3.35. The second-order valence-electron chi connectivity index (χ2n) is 4.38. The van der Waals surface area contributed by atoms with Crippen molar-refractivity contribution in [2.45, 2.75) is 6.92 Å². The van der Waals surface area contributed by atoms with Crippen molar-refractivity contribution in [3.63, 3.8) is 0 Å². The molecule has 2 amide bonds. The first-order valence-electron chi connectivity index (χ1n) is 6.20. The van der Waals surface area contributed by atoms with E-state index in [0.717, 1.165) is 21.3 Å². The van der Waals surface area contributed by atoms with E-state index in [9.17, 15) is 4.79 Å². The van der Waals surface area contributed by atoms with Crippen LogP contribution in [-0.4, -0.2) is 11.0 Å². The number of nitrogens with zero attached hydrogens (tertiary/aromatic N) is 1. The van der Waals surface area contributed by atoms with E-state index in [1.54, 1.807) is 6.20 Å². The Balaban J connectivity index is 1.81. The molecule has 0 aliphatic heterocycles. The third kappa shape index (κ3) is 2.62. The van der Waals surface area contributed by atoms with Crippen LogP contribution in [0.15, 0.2) is 48.7 Å². The zero-order chi connectivity index (χ0) is 13.9. The van der Waals surface area contributed by atoms with Gasteiger partial charge in [-0.1, -0.05) is 36.4 Å². The van der Waals surface area contributed by atoms with Crippen LogP contribution in [0, 0.1) is 6.92 Å². The number of anilines is 2. The molecule has 1 aromatic heterocycles. The van der Waals surface area contributed by atoms with E-state index in [0.29, 0.717) is 5.13 Å². The monoisotopic (exact) mass is 283 g/mol. The van der Waals surface area contributed by atoms with E-state index in [-0.39, 0.29) is 6.03 Å². The third-order valence-electron chi connectivity index (χ3n) is 2.88. The highest BCUT2D eigenvalue weighted by atomic mass is 32.1. The van der Waals surface area contributed by atoms with Gasteiger partial charge < -0.3 is 5.32 Å². The van der Waals surface area contributed by atoms with Crippen molar-refractivity contribution >= 4 is 39.0 Å². The molecule has 0 spiro atoms. The first-order chi connectivity index (χ1) is 9.72. The van der Waals surface area contributed by atoms with Crippen LogP contribution in [0.3, 0.4) is 0 Å². The van der Waals surface area contributed by atoms with Gasteiger partial charge in [0.05, 0.1) is 5.69 Å². The first kappa shape index (κ1) is 12.6. The highest BCUT2D eigenvalue weighted by Crippen LogP contribution is 2.23. The van der Waals surface area contributed by atoms with Crippen molar-refractivity contribution in [1.29, 1.82) is 0 Å². The van der Waals surface area contributed by atoms with Crippen molar-refractivity contribution < 1.29 is 4.79 Å². The van der Waals surface area contributed by atoms with Gasteiger partial charge in [-0.05, 0) is 18.4 Å². The van der Waals surface area contributed by atoms with E-state index in [1.807, 2.05) is 49.4 Å². The lowest BCUT2D eigenvalue weighted by Gasteiger charge is -2.08. The Morgan fingerprint density at radius 1 is 1.10 bits per heavy atom. The fraction of sp³-hybridized carbons (Fsp3) is 0.0667. The minimum Gasteiger partial charge on any atom is -0.307 e. The van der Waals surface area contributed by atoms with Gasteiger partial charge in [0.2, 0.25) is 0 Å².